The highest BCUT2D eigenvalue weighted by molar-refractivity contribution is 14.1. The van der Waals surface area contributed by atoms with Crippen LogP contribution in [0.3, 0.4) is 0 Å². The van der Waals surface area contributed by atoms with Gasteiger partial charge in [-0.3, -0.25) is 4.79 Å². The Balaban J connectivity index is 2.01. The lowest BCUT2D eigenvalue weighted by Crippen LogP contribution is -2.30. The number of anilines is 1. The maximum Gasteiger partial charge on any atom is 0.265 e. The molecule has 2 aromatic carbocycles. The van der Waals surface area contributed by atoms with Gasteiger partial charge in [-0.05, 0) is 59.8 Å². The zero-order chi connectivity index (χ0) is 14.5. The highest BCUT2D eigenvalue weighted by Gasteiger charge is 2.16. The Kier molecular flexibility index (Phi) is 4.94. The molecule has 1 amide bonds. The number of benzene rings is 2. The highest BCUT2D eigenvalue weighted by Crippen LogP contribution is 2.18. The van der Waals surface area contributed by atoms with Crippen LogP contribution in [0.25, 0.3) is 0 Å². The van der Waals surface area contributed by atoms with Crippen LogP contribution in [0.2, 0.25) is 0 Å². The van der Waals surface area contributed by atoms with Crippen molar-refractivity contribution in [2.24, 2.45) is 0 Å². The fraction of sp³-hybridized carbons (Fsp3) is 0.133. The van der Waals surface area contributed by atoms with E-state index in [1.54, 1.807) is 25.1 Å². The Morgan fingerprint density at radius 3 is 2.70 bits per heavy atom. The first-order chi connectivity index (χ1) is 9.56. The van der Waals surface area contributed by atoms with E-state index < -0.39 is 11.9 Å². The first-order valence-corrected chi connectivity index (χ1v) is 7.12. The number of para-hydroxylation sites is 1. The van der Waals surface area contributed by atoms with E-state index in [1.165, 1.54) is 12.1 Å². The van der Waals surface area contributed by atoms with Gasteiger partial charge in [-0.25, -0.2) is 4.39 Å². The maximum absolute atomic E-state index is 13.4. The van der Waals surface area contributed by atoms with Gasteiger partial charge in [0, 0.05) is 9.26 Å². The van der Waals surface area contributed by atoms with E-state index in [-0.39, 0.29) is 11.7 Å². The molecule has 1 atom stereocenters. The summed E-state index contributed by atoms with van der Waals surface area (Å²) in [5.74, 6) is -0.741. The van der Waals surface area contributed by atoms with Gasteiger partial charge in [0.25, 0.3) is 5.91 Å². The smallest absolute Gasteiger partial charge is 0.265 e. The summed E-state index contributed by atoms with van der Waals surface area (Å²) in [6.07, 6.45) is -0.787. The molecule has 0 bridgehead atoms. The van der Waals surface area contributed by atoms with Crippen LogP contribution in [0.5, 0.6) is 5.75 Å². The predicted octanol–water partition coefficient (Wildman–Crippen LogP) is 3.84. The van der Waals surface area contributed by atoms with Gasteiger partial charge < -0.3 is 10.1 Å². The monoisotopic (exact) mass is 385 g/mol. The number of nitrogens with one attached hydrogen (secondary N) is 1. The van der Waals surface area contributed by atoms with Gasteiger partial charge in [-0.2, -0.15) is 0 Å². The molecule has 5 heteroatoms. The SMILES string of the molecule is CC(Oc1ccccc1F)C(=O)Nc1cccc(I)c1. The van der Waals surface area contributed by atoms with E-state index in [4.69, 9.17) is 4.74 Å². The minimum absolute atomic E-state index is 0.0674. The van der Waals surface area contributed by atoms with E-state index in [1.807, 2.05) is 18.2 Å². The quantitative estimate of drug-likeness (QED) is 0.813. The molecule has 0 aliphatic heterocycles. The highest BCUT2D eigenvalue weighted by atomic mass is 127. The third-order valence-electron chi connectivity index (χ3n) is 2.60. The van der Waals surface area contributed by atoms with Crippen molar-refractivity contribution in [3.63, 3.8) is 0 Å². The van der Waals surface area contributed by atoms with Crippen molar-refractivity contribution in [1.29, 1.82) is 0 Å². The molecule has 0 saturated heterocycles. The van der Waals surface area contributed by atoms with Crippen molar-refractivity contribution in [2.75, 3.05) is 5.32 Å². The van der Waals surface area contributed by atoms with Crippen molar-refractivity contribution in [2.45, 2.75) is 13.0 Å². The summed E-state index contributed by atoms with van der Waals surface area (Å²) in [4.78, 5) is 12.0. The molecule has 0 spiro atoms. The number of hydrogen-bond acceptors (Lipinski definition) is 2. The zero-order valence-electron chi connectivity index (χ0n) is 10.8. The lowest BCUT2D eigenvalue weighted by molar-refractivity contribution is -0.122. The second-order valence-corrected chi connectivity index (χ2v) is 5.44. The number of carbonyl (C=O) groups excluding carboxylic acids is 1. The molecule has 1 unspecified atom stereocenters. The van der Waals surface area contributed by atoms with Crippen LogP contribution in [0, 0.1) is 9.39 Å². The standard InChI is InChI=1S/C15H13FINO2/c1-10(20-14-8-3-2-7-13(14)16)15(19)18-12-6-4-5-11(17)9-12/h2-10H,1H3,(H,18,19). The Labute approximate surface area is 130 Å². The summed E-state index contributed by atoms with van der Waals surface area (Å²) in [7, 11) is 0. The molecule has 0 aliphatic carbocycles. The van der Waals surface area contributed by atoms with Crippen molar-refractivity contribution in [1.82, 2.24) is 0 Å². The summed E-state index contributed by atoms with van der Waals surface area (Å²) in [6, 6.07) is 13.4. The van der Waals surface area contributed by atoms with Gasteiger partial charge in [0.15, 0.2) is 17.7 Å². The largest absolute Gasteiger partial charge is 0.478 e. The third kappa shape index (κ3) is 3.93. The minimum Gasteiger partial charge on any atom is -0.478 e. The van der Waals surface area contributed by atoms with Gasteiger partial charge >= 0.3 is 0 Å². The lowest BCUT2D eigenvalue weighted by atomic mass is 10.3. The number of hydrogen-bond donors (Lipinski definition) is 1. The topological polar surface area (TPSA) is 38.3 Å². The zero-order valence-corrected chi connectivity index (χ0v) is 12.9. The van der Waals surface area contributed by atoms with Crippen molar-refractivity contribution in [3.8, 4) is 5.75 Å². The van der Waals surface area contributed by atoms with E-state index >= 15 is 0 Å². The second kappa shape index (κ2) is 6.69. The second-order valence-electron chi connectivity index (χ2n) is 4.19. The van der Waals surface area contributed by atoms with Crippen LogP contribution in [0.4, 0.5) is 10.1 Å². The molecule has 2 aromatic rings. The maximum atomic E-state index is 13.4. The van der Waals surface area contributed by atoms with E-state index in [0.717, 1.165) is 3.57 Å². The molecule has 0 aliphatic rings. The minimum atomic E-state index is -0.787. The predicted molar refractivity (Wildman–Crippen MR) is 84.3 cm³/mol. The van der Waals surface area contributed by atoms with Gasteiger partial charge in [0.05, 0.1) is 0 Å². The molecule has 20 heavy (non-hydrogen) atoms. The van der Waals surface area contributed by atoms with E-state index in [9.17, 15) is 9.18 Å². The van der Waals surface area contributed by atoms with Crippen LogP contribution >= 0.6 is 22.6 Å². The Hall–Kier alpha value is -1.63. The third-order valence-corrected chi connectivity index (χ3v) is 3.27. The Morgan fingerprint density at radius 2 is 2.00 bits per heavy atom. The van der Waals surface area contributed by atoms with E-state index in [2.05, 4.69) is 27.9 Å². The molecule has 0 heterocycles. The van der Waals surface area contributed by atoms with Crippen molar-refractivity contribution < 1.29 is 13.9 Å². The summed E-state index contributed by atoms with van der Waals surface area (Å²) in [5.41, 5.74) is 0.686. The van der Waals surface area contributed by atoms with Gasteiger partial charge in [-0.15, -0.1) is 0 Å². The number of amides is 1. The van der Waals surface area contributed by atoms with Gasteiger partial charge in [0.1, 0.15) is 0 Å². The summed E-state index contributed by atoms with van der Waals surface area (Å²) in [5, 5.41) is 2.73. The first-order valence-electron chi connectivity index (χ1n) is 6.04. The normalized spacial score (nSPS) is 11.8. The van der Waals surface area contributed by atoms with Crippen LogP contribution in [-0.4, -0.2) is 12.0 Å². The van der Waals surface area contributed by atoms with Crippen LogP contribution < -0.4 is 10.1 Å². The molecule has 104 valence electrons. The van der Waals surface area contributed by atoms with E-state index in [0.29, 0.717) is 5.69 Å². The van der Waals surface area contributed by atoms with Gasteiger partial charge in [0.2, 0.25) is 0 Å². The molecule has 3 nitrogen and oxygen atoms in total. The lowest BCUT2D eigenvalue weighted by Gasteiger charge is -2.15. The fourth-order valence-electron chi connectivity index (χ4n) is 1.59. The van der Waals surface area contributed by atoms with Gasteiger partial charge in [-0.1, -0.05) is 18.2 Å². The van der Waals surface area contributed by atoms with Crippen molar-refractivity contribution >= 4 is 34.2 Å². The summed E-state index contributed by atoms with van der Waals surface area (Å²) >= 11 is 2.16. The molecule has 0 radical (unpaired) electrons. The molecular weight excluding hydrogens is 372 g/mol. The van der Waals surface area contributed by atoms with Crippen LogP contribution in [-0.2, 0) is 4.79 Å². The number of ether oxygens (including phenoxy) is 1. The summed E-state index contributed by atoms with van der Waals surface area (Å²) in [6.45, 7) is 1.58. The molecule has 0 aromatic heterocycles. The van der Waals surface area contributed by atoms with Crippen molar-refractivity contribution in [3.05, 3.63) is 57.9 Å². The Bertz CT molecular complexity index is 618. The number of halogens is 2. The van der Waals surface area contributed by atoms with Crippen LogP contribution in [0.15, 0.2) is 48.5 Å². The first kappa shape index (κ1) is 14.8. The number of carbonyl (C=O) groups is 1. The fourth-order valence-corrected chi connectivity index (χ4v) is 2.14. The molecule has 0 fully saturated rings. The molecule has 2 rings (SSSR count). The number of rotatable bonds is 4. The molecule has 1 N–H and O–H groups in total. The average molecular weight is 385 g/mol. The Morgan fingerprint density at radius 1 is 1.25 bits per heavy atom. The molecule has 0 saturated carbocycles. The van der Waals surface area contributed by atoms with Crippen LogP contribution in [0.1, 0.15) is 6.92 Å². The summed E-state index contributed by atoms with van der Waals surface area (Å²) < 4.78 is 19.8. The average Bonchev–Trinajstić information content (AvgIpc) is 2.41. The molecular formula is C15H13FINO2.